The number of carbonyl (C=O) groups is 1. The minimum atomic E-state index is 0.0941. The van der Waals surface area contributed by atoms with Crippen LogP contribution in [0.4, 0.5) is 0 Å². The quantitative estimate of drug-likeness (QED) is 0.897. The standard InChI is InChI=1S/C17H25NO2S/c19-10-13-6-2-1-5-12(13)9-18-17(20)15-11-21-16-8-4-3-7-14(15)16/h11-13,19H,1-10H2,(H,18,20). The molecule has 2 aliphatic rings. The van der Waals surface area contributed by atoms with E-state index in [1.807, 2.05) is 5.38 Å². The van der Waals surface area contributed by atoms with Gasteiger partial charge in [0.2, 0.25) is 0 Å². The maximum absolute atomic E-state index is 12.4. The Labute approximate surface area is 130 Å². The lowest BCUT2D eigenvalue weighted by molar-refractivity contribution is 0.0908. The Hall–Kier alpha value is -0.870. The van der Waals surface area contributed by atoms with Crippen molar-refractivity contribution in [1.29, 1.82) is 0 Å². The molecule has 1 amide bonds. The average Bonchev–Trinajstić information content (AvgIpc) is 2.97. The molecule has 1 heterocycles. The van der Waals surface area contributed by atoms with Gasteiger partial charge >= 0.3 is 0 Å². The van der Waals surface area contributed by atoms with E-state index < -0.39 is 0 Å². The van der Waals surface area contributed by atoms with E-state index in [1.54, 1.807) is 11.3 Å². The second-order valence-corrected chi connectivity index (χ2v) is 7.42. The first-order valence-electron chi connectivity index (χ1n) is 8.28. The van der Waals surface area contributed by atoms with E-state index in [2.05, 4.69) is 5.32 Å². The molecule has 21 heavy (non-hydrogen) atoms. The van der Waals surface area contributed by atoms with E-state index >= 15 is 0 Å². The number of aliphatic hydroxyl groups is 1. The smallest absolute Gasteiger partial charge is 0.252 e. The van der Waals surface area contributed by atoms with Gasteiger partial charge in [-0.2, -0.15) is 0 Å². The zero-order valence-corrected chi connectivity index (χ0v) is 13.4. The molecule has 0 aromatic carbocycles. The van der Waals surface area contributed by atoms with Crippen LogP contribution in [0.3, 0.4) is 0 Å². The Balaban J connectivity index is 1.60. The van der Waals surface area contributed by atoms with Crippen molar-refractivity contribution in [1.82, 2.24) is 5.32 Å². The molecular formula is C17H25NO2S. The first-order valence-corrected chi connectivity index (χ1v) is 9.16. The summed E-state index contributed by atoms with van der Waals surface area (Å²) in [5, 5.41) is 14.6. The minimum Gasteiger partial charge on any atom is -0.396 e. The topological polar surface area (TPSA) is 49.3 Å². The van der Waals surface area contributed by atoms with Crippen LogP contribution in [0.15, 0.2) is 5.38 Å². The highest BCUT2D eigenvalue weighted by molar-refractivity contribution is 7.10. The first-order chi connectivity index (χ1) is 10.3. The molecule has 1 aromatic rings. The van der Waals surface area contributed by atoms with Gasteiger partial charge in [0.25, 0.3) is 5.91 Å². The Morgan fingerprint density at radius 2 is 1.95 bits per heavy atom. The molecule has 0 radical (unpaired) electrons. The summed E-state index contributed by atoms with van der Waals surface area (Å²) in [7, 11) is 0. The summed E-state index contributed by atoms with van der Waals surface area (Å²) in [4.78, 5) is 13.9. The van der Waals surface area contributed by atoms with Gasteiger partial charge in [0.05, 0.1) is 5.56 Å². The van der Waals surface area contributed by atoms with Crippen molar-refractivity contribution in [2.75, 3.05) is 13.2 Å². The van der Waals surface area contributed by atoms with Gasteiger partial charge in [0.15, 0.2) is 0 Å². The van der Waals surface area contributed by atoms with E-state index in [1.165, 1.54) is 36.1 Å². The van der Waals surface area contributed by atoms with Gasteiger partial charge in [0.1, 0.15) is 0 Å². The molecule has 0 aliphatic heterocycles. The fourth-order valence-electron chi connectivity index (χ4n) is 3.80. The van der Waals surface area contributed by atoms with Crippen molar-refractivity contribution in [3.8, 4) is 0 Å². The number of thiophene rings is 1. The van der Waals surface area contributed by atoms with Crippen molar-refractivity contribution in [3.63, 3.8) is 0 Å². The van der Waals surface area contributed by atoms with Crippen LogP contribution in [0.5, 0.6) is 0 Å². The number of amides is 1. The molecule has 2 atom stereocenters. The van der Waals surface area contributed by atoms with Crippen LogP contribution in [-0.2, 0) is 12.8 Å². The fourth-order valence-corrected chi connectivity index (χ4v) is 4.92. The van der Waals surface area contributed by atoms with E-state index in [9.17, 15) is 9.90 Å². The molecular weight excluding hydrogens is 282 g/mol. The zero-order valence-electron chi connectivity index (χ0n) is 12.6. The summed E-state index contributed by atoms with van der Waals surface area (Å²) >= 11 is 1.75. The van der Waals surface area contributed by atoms with Crippen LogP contribution in [0.1, 0.15) is 59.3 Å². The molecule has 2 unspecified atom stereocenters. The maximum Gasteiger partial charge on any atom is 0.252 e. The van der Waals surface area contributed by atoms with Crippen molar-refractivity contribution < 1.29 is 9.90 Å². The summed E-state index contributed by atoms with van der Waals surface area (Å²) in [5.41, 5.74) is 2.21. The number of fused-ring (bicyclic) bond motifs is 1. The summed E-state index contributed by atoms with van der Waals surface area (Å²) in [6.07, 6.45) is 9.34. The second kappa shape index (κ2) is 6.93. The van der Waals surface area contributed by atoms with E-state index in [4.69, 9.17) is 0 Å². The lowest BCUT2D eigenvalue weighted by atomic mass is 9.79. The SMILES string of the molecule is O=C(NCC1CCCCC1CO)c1csc2c1CCCC2. The van der Waals surface area contributed by atoms with Crippen molar-refractivity contribution >= 4 is 17.2 Å². The highest BCUT2D eigenvalue weighted by atomic mass is 32.1. The van der Waals surface area contributed by atoms with E-state index in [-0.39, 0.29) is 12.5 Å². The Morgan fingerprint density at radius 1 is 1.19 bits per heavy atom. The predicted octanol–water partition coefficient (Wildman–Crippen LogP) is 3.16. The predicted molar refractivity (Wildman–Crippen MR) is 85.8 cm³/mol. The van der Waals surface area contributed by atoms with Crippen LogP contribution in [0.25, 0.3) is 0 Å². The third-order valence-electron chi connectivity index (χ3n) is 5.13. The monoisotopic (exact) mass is 307 g/mol. The number of carbonyl (C=O) groups excluding carboxylic acids is 1. The molecule has 1 fully saturated rings. The zero-order chi connectivity index (χ0) is 14.7. The average molecular weight is 307 g/mol. The molecule has 0 spiro atoms. The summed E-state index contributed by atoms with van der Waals surface area (Å²) in [5.74, 6) is 0.911. The molecule has 3 rings (SSSR count). The Bertz CT molecular complexity index is 497. The van der Waals surface area contributed by atoms with Crippen LogP contribution in [0.2, 0.25) is 0 Å². The summed E-state index contributed by atoms with van der Waals surface area (Å²) in [6, 6.07) is 0. The highest BCUT2D eigenvalue weighted by Gasteiger charge is 2.26. The molecule has 4 heteroatoms. The Morgan fingerprint density at radius 3 is 2.76 bits per heavy atom. The number of aryl methyl sites for hydroxylation is 1. The minimum absolute atomic E-state index is 0.0941. The van der Waals surface area contributed by atoms with Gasteiger partial charge in [-0.05, 0) is 55.9 Å². The Kier molecular flexibility index (Phi) is 4.96. The number of nitrogens with one attached hydrogen (secondary N) is 1. The molecule has 3 nitrogen and oxygen atoms in total. The molecule has 0 bridgehead atoms. The third-order valence-corrected chi connectivity index (χ3v) is 6.22. The lowest BCUT2D eigenvalue weighted by Gasteiger charge is -2.30. The first kappa shape index (κ1) is 15.0. The van der Waals surface area contributed by atoms with Gasteiger partial charge in [-0.25, -0.2) is 0 Å². The van der Waals surface area contributed by atoms with Crippen molar-refractivity contribution in [2.24, 2.45) is 11.8 Å². The number of rotatable bonds is 4. The van der Waals surface area contributed by atoms with Crippen LogP contribution in [-0.4, -0.2) is 24.2 Å². The van der Waals surface area contributed by atoms with Crippen LogP contribution < -0.4 is 5.32 Å². The third kappa shape index (κ3) is 3.32. The largest absolute Gasteiger partial charge is 0.396 e. The van der Waals surface area contributed by atoms with Gasteiger partial charge in [-0.15, -0.1) is 11.3 Å². The van der Waals surface area contributed by atoms with Crippen molar-refractivity contribution in [3.05, 3.63) is 21.4 Å². The van der Waals surface area contributed by atoms with E-state index in [0.717, 1.165) is 31.2 Å². The molecule has 116 valence electrons. The number of hydrogen-bond acceptors (Lipinski definition) is 3. The lowest BCUT2D eigenvalue weighted by Crippen LogP contribution is -2.35. The van der Waals surface area contributed by atoms with Crippen LogP contribution in [0, 0.1) is 11.8 Å². The molecule has 2 aliphatic carbocycles. The normalized spacial score (nSPS) is 25.4. The van der Waals surface area contributed by atoms with Gasteiger partial charge < -0.3 is 10.4 Å². The molecule has 2 N–H and O–H groups in total. The van der Waals surface area contributed by atoms with Gasteiger partial charge in [-0.3, -0.25) is 4.79 Å². The van der Waals surface area contributed by atoms with Crippen LogP contribution >= 0.6 is 11.3 Å². The fraction of sp³-hybridized carbons (Fsp3) is 0.706. The number of aliphatic hydroxyl groups excluding tert-OH is 1. The second-order valence-electron chi connectivity index (χ2n) is 6.46. The maximum atomic E-state index is 12.4. The summed E-state index contributed by atoms with van der Waals surface area (Å²) < 4.78 is 0. The number of hydrogen-bond donors (Lipinski definition) is 2. The molecule has 1 saturated carbocycles. The van der Waals surface area contributed by atoms with Crippen molar-refractivity contribution in [2.45, 2.75) is 51.4 Å². The molecule has 0 saturated heterocycles. The van der Waals surface area contributed by atoms with E-state index in [0.29, 0.717) is 18.4 Å². The van der Waals surface area contributed by atoms with Gasteiger partial charge in [0, 0.05) is 23.4 Å². The summed E-state index contributed by atoms with van der Waals surface area (Å²) in [6.45, 7) is 0.975. The molecule has 1 aromatic heterocycles. The van der Waals surface area contributed by atoms with Gasteiger partial charge in [-0.1, -0.05) is 12.8 Å². The highest BCUT2D eigenvalue weighted by Crippen LogP contribution is 2.31.